The van der Waals surface area contributed by atoms with Crippen LogP contribution in [0.5, 0.6) is 5.75 Å². The number of phenolic OH excluding ortho intramolecular Hbond substituents is 1. The van der Waals surface area contributed by atoms with E-state index in [-0.39, 0.29) is 11.2 Å². The molecule has 0 saturated heterocycles. The van der Waals surface area contributed by atoms with Gasteiger partial charge in [0.2, 0.25) is 0 Å². The number of nitrogens with zero attached hydrogens (tertiary/aromatic N) is 4. The molecule has 1 N–H and O–H groups in total. The van der Waals surface area contributed by atoms with Crippen LogP contribution in [0.1, 0.15) is 51.7 Å². The first kappa shape index (κ1) is 26.5. The van der Waals surface area contributed by atoms with Crippen LogP contribution in [-0.2, 0) is 5.41 Å². The molecule has 0 amide bonds. The molecule has 204 valence electrons. The fourth-order valence-electron chi connectivity index (χ4n) is 5.21. The molecule has 0 bridgehead atoms. The highest BCUT2D eigenvalue weighted by atomic mass is 16.3. The molecule has 0 aliphatic rings. The van der Waals surface area contributed by atoms with Gasteiger partial charge in [0.05, 0.1) is 11.3 Å². The molecule has 3 aromatic heterocycles. The van der Waals surface area contributed by atoms with E-state index >= 15 is 0 Å². The second-order valence-corrected chi connectivity index (χ2v) is 11.8. The van der Waals surface area contributed by atoms with Crippen LogP contribution in [-0.4, -0.2) is 24.6 Å². The van der Waals surface area contributed by atoms with Gasteiger partial charge in [-0.25, -0.2) is 9.97 Å². The summed E-state index contributed by atoms with van der Waals surface area (Å²) in [7, 11) is 0. The summed E-state index contributed by atoms with van der Waals surface area (Å²) in [6.45, 7) is 10.9. The third kappa shape index (κ3) is 5.00. The number of fused-ring (bicyclic) bond motifs is 1. The van der Waals surface area contributed by atoms with E-state index in [2.05, 4.69) is 57.8 Å². The van der Waals surface area contributed by atoms with Crippen molar-refractivity contribution in [2.45, 2.75) is 46.0 Å². The summed E-state index contributed by atoms with van der Waals surface area (Å²) < 4.78 is 2.05. The molecule has 0 fully saturated rings. The maximum atomic E-state index is 11.1. The highest BCUT2D eigenvalue weighted by Gasteiger charge is 2.23. The van der Waals surface area contributed by atoms with E-state index in [4.69, 9.17) is 9.97 Å². The number of phenols is 1. The minimum atomic E-state index is -0.0887. The molecule has 3 aromatic carbocycles. The van der Waals surface area contributed by atoms with Crippen molar-refractivity contribution in [3.05, 3.63) is 115 Å². The van der Waals surface area contributed by atoms with Crippen LogP contribution in [0.25, 0.3) is 50.6 Å². The average Bonchev–Trinajstić information content (AvgIpc) is 3.37. The van der Waals surface area contributed by atoms with E-state index in [0.717, 1.165) is 44.8 Å². The maximum absolute atomic E-state index is 11.1. The van der Waals surface area contributed by atoms with Crippen LogP contribution in [0.15, 0.2) is 103 Å². The Morgan fingerprint density at radius 1 is 0.732 bits per heavy atom. The summed E-state index contributed by atoms with van der Waals surface area (Å²) in [5.74, 6) is 1.18. The molecular weight excluding hydrogens is 504 g/mol. The number of aromatic nitrogens is 4. The van der Waals surface area contributed by atoms with Gasteiger partial charge in [0, 0.05) is 29.2 Å². The quantitative estimate of drug-likeness (QED) is 0.238. The van der Waals surface area contributed by atoms with Crippen molar-refractivity contribution in [2.75, 3.05) is 0 Å². The second-order valence-electron chi connectivity index (χ2n) is 11.8. The molecule has 0 aliphatic heterocycles. The Morgan fingerprint density at radius 3 is 2.20 bits per heavy atom. The zero-order chi connectivity index (χ0) is 28.7. The van der Waals surface area contributed by atoms with Gasteiger partial charge in [-0.1, -0.05) is 71.0 Å². The molecular formula is C36H34N4O. The predicted molar refractivity (Wildman–Crippen MR) is 167 cm³/mol. The van der Waals surface area contributed by atoms with Crippen LogP contribution in [0, 0.1) is 0 Å². The van der Waals surface area contributed by atoms with E-state index in [0.29, 0.717) is 17.3 Å². The van der Waals surface area contributed by atoms with Crippen molar-refractivity contribution < 1.29 is 5.11 Å². The molecule has 6 rings (SSSR count). The summed E-state index contributed by atoms with van der Waals surface area (Å²) in [5, 5.41) is 11.1. The summed E-state index contributed by atoms with van der Waals surface area (Å²) >= 11 is 0. The Kier molecular flexibility index (Phi) is 6.66. The summed E-state index contributed by atoms with van der Waals surface area (Å²) in [4.78, 5) is 14.7. The van der Waals surface area contributed by atoms with Gasteiger partial charge in [-0.2, -0.15) is 0 Å². The Balaban J connectivity index is 1.65. The third-order valence-electron chi connectivity index (χ3n) is 7.56. The molecule has 0 saturated carbocycles. The Bertz CT molecular complexity index is 1850. The zero-order valence-electron chi connectivity index (χ0n) is 24.1. The second kappa shape index (κ2) is 10.3. The van der Waals surface area contributed by atoms with Crippen LogP contribution in [0.4, 0.5) is 0 Å². The summed E-state index contributed by atoms with van der Waals surface area (Å²) in [6.07, 6.45) is 3.67. The number of benzene rings is 3. The smallest absolute Gasteiger partial charge is 0.165 e. The van der Waals surface area contributed by atoms with Crippen LogP contribution < -0.4 is 0 Å². The van der Waals surface area contributed by atoms with Crippen LogP contribution in [0.2, 0.25) is 0 Å². The van der Waals surface area contributed by atoms with Crippen molar-refractivity contribution in [1.82, 2.24) is 19.5 Å². The molecule has 3 heterocycles. The molecule has 6 aromatic rings. The van der Waals surface area contributed by atoms with Crippen molar-refractivity contribution in [3.63, 3.8) is 0 Å². The number of para-hydroxylation sites is 1. The van der Waals surface area contributed by atoms with Gasteiger partial charge in [0.1, 0.15) is 11.3 Å². The van der Waals surface area contributed by atoms with Gasteiger partial charge in [0.25, 0.3) is 0 Å². The van der Waals surface area contributed by atoms with Gasteiger partial charge in [-0.15, -0.1) is 0 Å². The molecule has 5 nitrogen and oxygen atoms in total. The predicted octanol–water partition coefficient (Wildman–Crippen LogP) is 8.94. The van der Waals surface area contributed by atoms with Crippen LogP contribution in [0.3, 0.4) is 0 Å². The van der Waals surface area contributed by atoms with Crippen molar-refractivity contribution in [2.24, 2.45) is 0 Å². The molecule has 0 radical (unpaired) electrons. The molecule has 0 aliphatic carbocycles. The lowest BCUT2D eigenvalue weighted by Crippen LogP contribution is -2.11. The first-order chi connectivity index (χ1) is 19.7. The van der Waals surface area contributed by atoms with Gasteiger partial charge in [-0.3, -0.25) is 9.55 Å². The normalized spacial score (nSPS) is 11.9. The Morgan fingerprint density at radius 2 is 1.49 bits per heavy atom. The number of imidazole rings is 1. The van der Waals surface area contributed by atoms with E-state index < -0.39 is 0 Å². The highest BCUT2D eigenvalue weighted by molar-refractivity contribution is 5.94. The lowest BCUT2D eigenvalue weighted by Gasteiger charge is -2.20. The fourth-order valence-corrected chi connectivity index (χ4v) is 5.21. The lowest BCUT2D eigenvalue weighted by atomic mass is 9.86. The molecule has 0 atom stereocenters. The molecule has 0 unspecified atom stereocenters. The SMILES string of the molecule is CC(C)c1cc(-c2ccccn2)cc(-c2ccnc3c2nc(-c2cc(C(C)(C)C)ccc2O)n3-c2ccccc2)c1. The van der Waals surface area contributed by atoms with Gasteiger partial charge >= 0.3 is 0 Å². The molecule has 41 heavy (non-hydrogen) atoms. The van der Waals surface area contributed by atoms with Gasteiger partial charge < -0.3 is 5.11 Å². The lowest BCUT2D eigenvalue weighted by molar-refractivity contribution is 0.475. The number of hydrogen-bond acceptors (Lipinski definition) is 4. The number of rotatable bonds is 5. The number of aromatic hydroxyl groups is 1. The molecule has 0 spiro atoms. The van der Waals surface area contributed by atoms with E-state index in [1.807, 2.05) is 83.7 Å². The minimum absolute atomic E-state index is 0.0887. The molecule has 5 heteroatoms. The Hall–Kier alpha value is -4.77. The van der Waals surface area contributed by atoms with Gasteiger partial charge in [0.15, 0.2) is 11.5 Å². The maximum Gasteiger partial charge on any atom is 0.165 e. The number of hydrogen-bond donors (Lipinski definition) is 1. The monoisotopic (exact) mass is 538 g/mol. The Labute approximate surface area is 241 Å². The largest absolute Gasteiger partial charge is 0.507 e. The number of pyridine rings is 2. The zero-order valence-corrected chi connectivity index (χ0v) is 24.1. The fraction of sp³-hybridized carbons (Fsp3) is 0.194. The van der Waals surface area contributed by atoms with Crippen molar-refractivity contribution in [1.29, 1.82) is 0 Å². The van der Waals surface area contributed by atoms with E-state index in [1.165, 1.54) is 5.56 Å². The van der Waals surface area contributed by atoms with Crippen molar-refractivity contribution in [3.8, 4) is 45.2 Å². The standard InChI is InChI=1S/C36H34N4O/c1-23(2)24-19-25(21-26(20-24)31-13-9-10-17-37-31)29-16-18-38-35-33(29)39-34(40(35)28-11-7-6-8-12-28)30-22-27(36(3,4)5)14-15-32(30)41/h6-23,41H,1-5H3. The van der Waals surface area contributed by atoms with Gasteiger partial charge in [-0.05, 0) is 82.6 Å². The van der Waals surface area contributed by atoms with Crippen molar-refractivity contribution >= 4 is 11.2 Å². The van der Waals surface area contributed by atoms with Crippen LogP contribution >= 0.6 is 0 Å². The van der Waals surface area contributed by atoms with E-state index in [9.17, 15) is 5.11 Å². The minimum Gasteiger partial charge on any atom is -0.507 e. The first-order valence-corrected chi connectivity index (χ1v) is 14.0. The highest BCUT2D eigenvalue weighted by Crippen LogP contribution is 2.39. The topological polar surface area (TPSA) is 63.8 Å². The first-order valence-electron chi connectivity index (χ1n) is 14.0. The third-order valence-corrected chi connectivity index (χ3v) is 7.56. The average molecular weight is 539 g/mol. The summed E-state index contributed by atoms with van der Waals surface area (Å²) in [5.41, 5.74) is 9.42. The summed E-state index contributed by atoms with van der Waals surface area (Å²) in [6, 6.07) is 30.6. The van der Waals surface area contributed by atoms with E-state index in [1.54, 1.807) is 6.07 Å².